The first-order valence-electron chi connectivity index (χ1n) is 17.2. The van der Waals surface area contributed by atoms with Gasteiger partial charge in [-0.15, -0.1) is 0 Å². The topological polar surface area (TPSA) is 91.4 Å². The summed E-state index contributed by atoms with van der Waals surface area (Å²) in [7, 11) is 3.79. The quantitative estimate of drug-likeness (QED) is 0.0545. The van der Waals surface area contributed by atoms with Crippen molar-refractivity contribution in [3.05, 3.63) is 0 Å². The molecule has 1 rings (SSSR count). The van der Waals surface area contributed by atoms with Gasteiger partial charge in [0.25, 0.3) is 0 Å². The van der Waals surface area contributed by atoms with Crippen LogP contribution in [-0.2, 0) is 33.3 Å². The fourth-order valence-electron chi connectivity index (χ4n) is 5.20. The van der Waals surface area contributed by atoms with Gasteiger partial charge in [0.2, 0.25) is 0 Å². The highest BCUT2D eigenvalue weighted by molar-refractivity contribution is 5.71. The Labute approximate surface area is 256 Å². The van der Waals surface area contributed by atoms with Crippen LogP contribution < -0.4 is 0 Å². The minimum Gasteiger partial charge on any atom is -0.463 e. The summed E-state index contributed by atoms with van der Waals surface area (Å²) in [5.41, 5.74) is 0. The molecule has 0 saturated carbocycles. The average Bonchev–Trinajstić information content (AvgIpc) is 3.33. The van der Waals surface area contributed by atoms with Crippen LogP contribution >= 0.6 is 0 Å². The Bertz CT molecular complexity index is 699. The van der Waals surface area contributed by atoms with Crippen LogP contribution in [-0.4, -0.2) is 75.0 Å². The van der Waals surface area contributed by atoms with Gasteiger partial charge in [-0.05, 0) is 26.9 Å². The van der Waals surface area contributed by atoms with Crippen molar-refractivity contribution in [3.63, 3.8) is 0 Å². The second-order valence-electron chi connectivity index (χ2n) is 12.2. The van der Waals surface area contributed by atoms with E-state index in [4.69, 9.17) is 18.9 Å². The average molecular weight is 598 g/mol. The number of unbranched alkanes of at least 4 members (excludes halogenated alkanes) is 16. The van der Waals surface area contributed by atoms with E-state index in [-0.39, 0.29) is 37.5 Å². The van der Waals surface area contributed by atoms with Gasteiger partial charge in [0.1, 0.15) is 12.7 Å². The van der Waals surface area contributed by atoms with Crippen LogP contribution in [0.1, 0.15) is 149 Å². The van der Waals surface area contributed by atoms with Crippen molar-refractivity contribution in [2.45, 2.75) is 167 Å². The summed E-state index contributed by atoms with van der Waals surface area (Å²) in [4.78, 5) is 39.4. The number of carbonyl (C=O) groups excluding carboxylic acids is 3. The van der Waals surface area contributed by atoms with Crippen molar-refractivity contribution in [1.82, 2.24) is 4.90 Å². The number of ether oxygens (including phenoxy) is 4. The number of carbonyl (C=O) groups is 3. The minimum atomic E-state index is -0.773. The zero-order valence-electron chi connectivity index (χ0n) is 27.5. The van der Waals surface area contributed by atoms with E-state index >= 15 is 0 Å². The van der Waals surface area contributed by atoms with Crippen molar-refractivity contribution < 1.29 is 33.3 Å². The van der Waals surface area contributed by atoms with E-state index < -0.39 is 18.3 Å². The lowest BCUT2D eigenvalue weighted by Gasteiger charge is -2.23. The third-order valence-electron chi connectivity index (χ3n) is 7.90. The molecule has 0 aromatic carbocycles. The van der Waals surface area contributed by atoms with Gasteiger partial charge in [-0.3, -0.25) is 14.4 Å². The fourth-order valence-corrected chi connectivity index (χ4v) is 5.20. The minimum absolute atomic E-state index is 0.0332. The van der Waals surface area contributed by atoms with Crippen molar-refractivity contribution in [2.24, 2.45) is 0 Å². The molecule has 42 heavy (non-hydrogen) atoms. The maximum Gasteiger partial charge on any atom is 0.307 e. The second kappa shape index (κ2) is 25.8. The third kappa shape index (κ3) is 20.3. The molecule has 1 fully saturated rings. The smallest absolute Gasteiger partial charge is 0.307 e. The standard InChI is InChI=1S/C34H63NO7/c1-5-7-9-11-13-15-17-19-21-23-32(37)41-30-28-39-29(27-40-31(36)25-26-35(3)4)34(30)42-33(38)24-22-20-18-16-14-12-10-8-6-2/h29-30,34H,5-28H2,1-4H3/t29-,30+,34+/m1/s1. The van der Waals surface area contributed by atoms with Gasteiger partial charge < -0.3 is 23.8 Å². The highest BCUT2D eigenvalue weighted by atomic mass is 16.6. The molecule has 8 heteroatoms. The summed E-state index contributed by atoms with van der Waals surface area (Å²) < 4.78 is 22.7. The van der Waals surface area contributed by atoms with E-state index in [0.29, 0.717) is 19.4 Å². The Morgan fingerprint density at radius 3 is 1.55 bits per heavy atom. The van der Waals surface area contributed by atoms with Crippen molar-refractivity contribution in [1.29, 1.82) is 0 Å². The highest BCUT2D eigenvalue weighted by Gasteiger charge is 2.43. The summed E-state index contributed by atoms with van der Waals surface area (Å²) in [6.45, 7) is 5.13. The molecular formula is C34H63NO7. The predicted octanol–water partition coefficient (Wildman–Crippen LogP) is 7.55. The monoisotopic (exact) mass is 597 g/mol. The van der Waals surface area contributed by atoms with Gasteiger partial charge >= 0.3 is 17.9 Å². The van der Waals surface area contributed by atoms with Crippen molar-refractivity contribution >= 4 is 17.9 Å². The Balaban J connectivity index is 2.46. The zero-order valence-corrected chi connectivity index (χ0v) is 27.5. The normalized spacial score (nSPS) is 18.4. The largest absolute Gasteiger partial charge is 0.463 e. The fraction of sp³-hybridized carbons (Fsp3) is 0.912. The summed E-state index contributed by atoms with van der Waals surface area (Å²) in [6.07, 6.45) is 19.9. The molecule has 1 heterocycles. The summed E-state index contributed by atoms with van der Waals surface area (Å²) >= 11 is 0. The molecule has 1 aliphatic rings. The summed E-state index contributed by atoms with van der Waals surface area (Å²) in [5.74, 6) is -0.953. The molecule has 0 aromatic rings. The lowest BCUT2D eigenvalue weighted by molar-refractivity contribution is -0.168. The molecule has 3 atom stereocenters. The summed E-state index contributed by atoms with van der Waals surface area (Å²) in [5, 5.41) is 0. The van der Waals surface area contributed by atoms with Gasteiger partial charge in [0.15, 0.2) is 12.2 Å². The molecule has 0 aliphatic carbocycles. The van der Waals surface area contributed by atoms with Crippen LogP contribution in [0, 0.1) is 0 Å². The van der Waals surface area contributed by atoms with E-state index in [1.807, 2.05) is 19.0 Å². The molecule has 1 aliphatic heterocycles. The molecule has 0 N–H and O–H groups in total. The number of hydrogen-bond acceptors (Lipinski definition) is 8. The van der Waals surface area contributed by atoms with E-state index in [0.717, 1.165) is 38.5 Å². The molecule has 8 nitrogen and oxygen atoms in total. The van der Waals surface area contributed by atoms with Gasteiger partial charge in [-0.25, -0.2) is 0 Å². The van der Waals surface area contributed by atoms with Crippen LogP contribution in [0.5, 0.6) is 0 Å². The van der Waals surface area contributed by atoms with Crippen LogP contribution in [0.3, 0.4) is 0 Å². The lowest BCUT2D eigenvalue weighted by atomic mass is 10.1. The molecule has 0 aromatic heterocycles. The SMILES string of the molecule is CCCCCCCCCCCC(=O)O[C@@H]1[C@@H](OC(=O)CCCCCCCCCCC)CO[C@@H]1COC(=O)CCN(C)C. The maximum atomic E-state index is 12.7. The maximum absolute atomic E-state index is 12.7. The van der Waals surface area contributed by atoms with Crippen molar-refractivity contribution in [3.8, 4) is 0 Å². The number of nitrogens with zero attached hydrogens (tertiary/aromatic N) is 1. The van der Waals surface area contributed by atoms with E-state index in [1.165, 1.54) is 77.0 Å². The molecule has 0 spiro atoms. The highest BCUT2D eigenvalue weighted by Crippen LogP contribution is 2.24. The van der Waals surface area contributed by atoms with Gasteiger partial charge in [-0.2, -0.15) is 0 Å². The summed E-state index contributed by atoms with van der Waals surface area (Å²) in [6, 6.07) is 0. The first kappa shape index (κ1) is 38.4. The Morgan fingerprint density at radius 1 is 0.619 bits per heavy atom. The first-order valence-corrected chi connectivity index (χ1v) is 17.2. The van der Waals surface area contributed by atoms with Crippen molar-refractivity contribution in [2.75, 3.05) is 33.9 Å². The van der Waals surface area contributed by atoms with E-state index in [1.54, 1.807) is 0 Å². The molecule has 0 bridgehead atoms. The molecular weight excluding hydrogens is 534 g/mol. The molecule has 246 valence electrons. The van der Waals surface area contributed by atoms with Gasteiger partial charge in [0.05, 0.1) is 13.0 Å². The second-order valence-corrected chi connectivity index (χ2v) is 12.2. The Hall–Kier alpha value is -1.67. The predicted molar refractivity (Wildman–Crippen MR) is 167 cm³/mol. The van der Waals surface area contributed by atoms with Crippen LogP contribution in [0.4, 0.5) is 0 Å². The first-order chi connectivity index (χ1) is 20.4. The molecule has 0 amide bonds. The van der Waals surface area contributed by atoms with Crippen LogP contribution in [0.15, 0.2) is 0 Å². The zero-order chi connectivity index (χ0) is 30.8. The lowest BCUT2D eigenvalue weighted by Crippen LogP contribution is -2.40. The number of rotatable bonds is 27. The van der Waals surface area contributed by atoms with Crippen LogP contribution in [0.2, 0.25) is 0 Å². The number of hydrogen-bond donors (Lipinski definition) is 0. The van der Waals surface area contributed by atoms with E-state index in [9.17, 15) is 14.4 Å². The van der Waals surface area contributed by atoms with Crippen LogP contribution in [0.25, 0.3) is 0 Å². The molecule has 1 saturated heterocycles. The van der Waals surface area contributed by atoms with Gasteiger partial charge in [-0.1, -0.05) is 117 Å². The third-order valence-corrected chi connectivity index (χ3v) is 7.90. The Morgan fingerprint density at radius 2 is 1.07 bits per heavy atom. The van der Waals surface area contributed by atoms with Gasteiger partial charge in [0, 0.05) is 19.4 Å². The Kier molecular flexibility index (Phi) is 23.6. The van der Waals surface area contributed by atoms with E-state index in [2.05, 4.69) is 13.8 Å². The number of esters is 3. The molecule has 0 radical (unpaired) electrons. The molecule has 0 unspecified atom stereocenters.